The van der Waals surface area contributed by atoms with E-state index in [4.69, 9.17) is 0 Å². The summed E-state index contributed by atoms with van der Waals surface area (Å²) in [7, 11) is 0. The van der Waals surface area contributed by atoms with Gasteiger partial charge in [0.25, 0.3) is 0 Å². The van der Waals surface area contributed by atoms with E-state index in [1.807, 2.05) is 62.4 Å². The average molecular weight is 1080 g/mol. The molecule has 0 aliphatic carbocycles. The van der Waals surface area contributed by atoms with Gasteiger partial charge in [0, 0.05) is 0 Å². The number of fused-ring (bicyclic) bond motifs is 2. The van der Waals surface area contributed by atoms with Gasteiger partial charge in [0.05, 0.1) is 0 Å². The molecule has 14 heteroatoms. The van der Waals surface area contributed by atoms with Gasteiger partial charge < -0.3 is 0 Å². The van der Waals surface area contributed by atoms with Crippen LogP contribution in [0, 0.1) is 33.6 Å². The van der Waals surface area contributed by atoms with Crippen molar-refractivity contribution in [2.45, 2.75) is 78.3 Å². The molecule has 0 amide bonds. The molecule has 0 atom stereocenters. The van der Waals surface area contributed by atoms with Crippen LogP contribution in [0.5, 0.6) is 0 Å². The van der Waals surface area contributed by atoms with Crippen molar-refractivity contribution in [1.82, 2.24) is 58.6 Å². The van der Waals surface area contributed by atoms with Crippen molar-refractivity contribution in [3.8, 4) is 11.4 Å². The molecule has 2 aromatic carbocycles. The number of hydrogen-bond donors (Lipinski definition) is 0. The van der Waals surface area contributed by atoms with Gasteiger partial charge in [-0.3, -0.25) is 0 Å². The third-order valence-electron chi connectivity index (χ3n) is 8.93. The van der Waals surface area contributed by atoms with Gasteiger partial charge in [0.1, 0.15) is 0 Å². The predicted molar refractivity (Wildman–Crippen MR) is 198 cm³/mol. The minimum atomic E-state index is 0.868. The van der Waals surface area contributed by atoms with E-state index in [2.05, 4.69) is 122 Å². The molecule has 0 fully saturated rings. The normalized spacial score (nSPS) is 11.4. The summed E-state index contributed by atoms with van der Waals surface area (Å²) in [6, 6.07) is 26.6. The van der Waals surface area contributed by atoms with Gasteiger partial charge in [0.15, 0.2) is 0 Å². The number of nitrogens with zero attached hydrogens (tertiary/aromatic N) is 12. The fraction of sp³-hybridized carbons (Fsp3) is 0.300. The van der Waals surface area contributed by atoms with Crippen LogP contribution in [0.3, 0.4) is 0 Å². The second kappa shape index (κ2) is 18.1. The molecule has 0 spiro atoms. The van der Waals surface area contributed by atoms with Crippen molar-refractivity contribution in [2.24, 2.45) is 0 Å². The number of imidazole rings is 2. The minimum absolute atomic E-state index is 0.868. The monoisotopic (exact) mass is 1080 g/mol. The quantitative estimate of drug-likeness (QED) is 0.0913. The van der Waals surface area contributed by atoms with E-state index in [-0.39, 0.29) is 0 Å². The van der Waals surface area contributed by atoms with E-state index in [0.717, 1.165) is 129 Å². The van der Waals surface area contributed by atoms with Crippen LogP contribution in [-0.4, -0.2) is 48.4 Å². The maximum absolute atomic E-state index is 4.58. The van der Waals surface area contributed by atoms with Crippen LogP contribution in [0.4, 0.5) is 0 Å². The van der Waals surface area contributed by atoms with Crippen LogP contribution in [0.2, 0.25) is 0 Å². The molecule has 12 nitrogen and oxygen atoms in total. The summed E-state index contributed by atoms with van der Waals surface area (Å²) in [5.41, 5.74) is 9.72. The van der Waals surface area contributed by atoms with Crippen LogP contribution in [0.25, 0.3) is 34.0 Å². The number of para-hydroxylation sites is 2. The summed E-state index contributed by atoms with van der Waals surface area (Å²) in [5.74, 6) is 0. The van der Waals surface area contributed by atoms with Crippen molar-refractivity contribution in [3.05, 3.63) is 128 Å². The second-order valence-electron chi connectivity index (χ2n) is 12.9. The molecule has 0 bridgehead atoms. The fourth-order valence-corrected chi connectivity index (χ4v) is 8.40. The van der Waals surface area contributed by atoms with Gasteiger partial charge in [-0.2, -0.15) is 0 Å². The van der Waals surface area contributed by atoms with Crippen molar-refractivity contribution >= 4 is 22.6 Å². The number of benzene rings is 2. The molecule has 6 heterocycles. The average Bonchev–Trinajstić information content (AvgIpc) is 3.95. The van der Waals surface area contributed by atoms with E-state index >= 15 is 0 Å². The van der Waals surface area contributed by atoms with Crippen LogP contribution in [0.15, 0.2) is 85.5 Å². The molecular formula is C40H40N12Pt2-4. The Balaban J connectivity index is 0.000000167. The Morgan fingerprint density at radius 1 is 0.556 bits per heavy atom. The van der Waals surface area contributed by atoms with Crippen LogP contribution < -0.4 is 10.2 Å². The SMILES string of the molecule is Cc1cc(CCCCCn2[c](=[Pt])n(-c3[c-]cccc3)c3nccnc32)n[n-]1.Cc1cc(CCCCCn2[c](=[Pt])n(-c3[c-]cccc3)c3nccnc32)n[n-]1. The van der Waals surface area contributed by atoms with E-state index < -0.39 is 0 Å². The Kier molecular flexibility index (Phi) is 12.6. The predicted octanol–water partition coefficient (Wildman–Crippen LogP) is 6.35. The Labute approximate surface area is 335 Å². The molecule has 0 saturated heterocycles. The standard InChI is InChI=1S/2C20H20N6.2Pt/c2*1-16-14-17(24-23-16)8-4-3-7-13-25-15-26(18-9-5-2-6-10-18)20-19(25)21-11-12-22-20;;/h2*2,5-6,9,11-12,14H,3-4,7-8,13H2,1H3;;/q2*-2;;. The summed E-state index contributed by atoms with van der Waals surface area (Å²) >= 11 is 4.72. The van der Waals surface area contributed by atoms with Crippen LogP contribution >= 0.6 is 0 Å². The van der Waals surface area contributed by atoms with Crippen molar-refractivity contribution in [1.29, 1.82) is 0 Å². The van der Waals surface area contributed by atoms with Gasteiger partial charge in [-0.15, -0.1) is 0 Å². The molecule has 284 valence electrons. The Morgan fingerprint density at radius 3 is 1.35 bits per heavy atom. The van der Waals surface area contributed by atoms with Crippen LogP contribution in [-0.2, 0) is 64.6 Å². The molecule has 0 N–H and O–H groups in total. The number of hydrogen-bond acceptors (Lipinski definition) is 6. The first-order chi connectivity index (χ1) is 26.5. The molecular weight excluding hydrogens is 1040 g/mol. The van der Waals surface area contributed by atoms with E-state index in [1.165, 1.54) is 0 Å². The molecule has 54 heavy (non-hydrogen) atoms. The van der Waals surface area contributed by atoms with Gasteiger partial charge in [-0.05, 0) is 0 Å². The summed E-state index contributed by atoms with van der Waals surface area (Å²) in [6.45, 7) is 5.80. The zero-order valence-electron chi connectivity index (χ0n) is 30.2. The van der Waals surface area contributed by atoms with E-state index in [9.17, 15) is 0 Å². The topological polar surface area (TPSA) is 125 Å². The molecule has 0 radical (unpaired) electrons. The van der Waals surface area contributed by atoms with Crippen molar-refractivity contribution in [2.75, 3.05) is 0 Å². The molecule has 8 aromatic rings. The molecule has 0 saturated carbocycles. The Morgan fingerprint density at radius 2 is 0.981 bits per heavy atom. The first-order valence-corrected chi connectivity index (χ1v) is 20.4. The molecule has 0 aliphatic rings. The summed E-state index contributed by atoms with van der Waals surface area (Å²) in [5, 5.41) is 16.5. The zero-order chi connectivity index (χ0) is 37.3. The Hall–Kier alpha value is -4.66. The molecule has 8 rings (SSSR count). The van der Waals surface area contributed by atoms with E-state index in [0.29, 0.717) is 0 Å². The molecule has 6 aromatic heterocycles. The first kappa shape index (κ1) is 37.6. The van der Waals surface area contributed by atoms with Crippen molar-refractivity contribution < 1.29 is 38.7 Å². The molecule has 0 unspecified atom stereocenters. The van der Waals surface area contributed by atoms with Crippen molar-refractivity contribution in [3.63, 3.8) is 0 Å². The zero-order valence-corrected chi connectivity index (χ0v) is 34.7. The van der Waals surface area contributed by atoms with E-state index in [1.54, 1.807) is 24.8 Å². The van der Waals surface area contributed by atoms with Gasteiger partial charge in [-0.1, -0.05) is 0 Å². The Bertz CT molecular complexity index is 2360. The summed E-state index contributed by atoms with van der Waals surface area (Å²) < 4.78 is 10.9. The first-order valence-electron chi connectivity index (χ1n) is 18.1. The molecule has 0 aliphatic heterocycles. The number of aromatic nitrogens is 12. The fourth-order valence-electron chi connectivity index (χ4n) is 6.38. The maximum atomic E-state index is 4.58. The van der Waals surface area contributed by atoms with Crippen LogP contribution in [0.1, 0.15) is 61.3 Å². The second-order valence-corrected chi connectivity index (χ2v) is 15.0. The van der Waals surface area contributed by atoms with Gasteiger partial charge >= 0.3 is 338 Å². The summed E-state index contributed by atoms with van der Waals surface area (Å²) in [4.78, 5) is 18.3. The number of unbranched alkanes of at least 4 members (excludes halogenated alkanes) is 4. The van der Waals surface area contributed by atoms with Gasteiger partial charge in [-0.25, -0.2) is 0 Å². The third kappa shape index (κ3) is 8.82. The van der Waals surface area contributed by atoms with Gasteiger partial charge in [0.2, 0.25) is 0 Å². The third-order valence-corrected chi connectivity index (χ3v) is 11.2. The summed E-state index contributed by atoms with van der Waals surface area (Å²) in [6.07, 6.45) is 15.7. The number of aryl methyl sites for hydroxylation is 6. The number of rotatable bonds is 14.